The highest BCUT2D eigenvalue weighted by atomic mass is 16.5. The van der Waals surface area contributed by atoms with E-state index in [0.717, 1.165) is 27.8 Å². The van der Waals surface area contributed by atoms with Crippen molar-refractivity contribution >= 4 is 29.2 Å². The van der Waals surface area contributed by atoms with E-state index >= 15 is 0 Å². The van der Waals surface area contributed by atoms with E-state index in [4.69, 9.17) is 19.0 Å². The van der Waals surface area contributed by atoms with Crippen molar-refractivity contribution in [2.75, 3.05) is 0 Å². The number of Topliss-reactive ketones (excluding diaryl/α,β-unsaturated/α-hetero) is 2. The molecule has 2 aromatic carbocycles. The molecule has 0 saturated carbocycles. The minimum Gasteiger partial charge on any atom is -0.461 e. The van der Waals surface area contributed by atoms with Gasteiger partial charge < -0.3 is 14.9 Å². The molecule has 39 heavy (non-hydrogen) atoms. The second kappa shape index (κ2) is 18.8. The standard InChI is InChI=1S/2C12H14O3.C7H7N.CH4/c2*1-9(13)7-11-3-5-12(6-4-11)8-15-10(2)14;1-6-2-4-7(8)5-3-6;/h2*3-6H,7-8H2,1-2H3;2-5,8H,1H2;1H4/i2*2D;;1D. The molecule has 208 valence electrons. The summed E-state index contributed by atoms with van der Waals surface area (Å²) in [5, 5.41) is 7.06. The Morgan fingerprint density at radius 3 is 1.33 bits per heavy atom. The first kappa shape index (κ1) is 29.2. The summed E-state index contributed by atoms with van der Waals surface area (Å²) in [6, 6.07) is 14.6. The zero-order valence-corrected chi connectivity index (χ0v) is 22.8. The fraction of sp³-hybridized carbons (Fsp3) is 0.281. The molecule has 0 heterocycles. The zero-order valence-electron chi connectivity index (χ0n) is 25.8. The molecule has 7 nitrogen and oxygen atoms in total. The summed E-state index contributed by atoms with van der Waals surface area (Å²) < 4.78 is 28.9. The van der Waals surface area contributed by atoms with Crippen LogP contribution < -0.4 is 0 Å². The second-order valence-corrected chi connectivity index (χ2v) is 8.41. The van der Waals surface area contributed by atoms with Gasteiger partial charge in [0.05, 0.1) is 5.71 Å². The van der Waals surface area contributed by atoms with Gasteiger partial charge in [-0.1, -0.05) is 74.7 Å². The van der Waals surface area contributed by atoms with E-state index in [1.54, 1.807) is 26.0 Å². The van der Waals surface area contributed by atoms with Gasteiger partial charge in [-0.05, 0) is 53.8 Å². The highest BCUT2D eigenvalue weighted by molar-refractivity contribution is 6.03. The number of rotatable bonds is 8. The molecular weight excluding hydrogens is 494 g/mol. The van der Waals surface area contributed by atoms with Crippen LogP contribution in [0.3, 0.4) is 0 Å². The summed E-state index contributed by atoms with van der Waals surface area (Å²) in [6.07, 6.45) is 7.94. The summed E-state index contributed by atoms with van der Waals surface area (Å²) in [4.78, 5) is 43.2. The maximum atomic E-state index is 10.9. The average Bonchev–Trinajstić information content (AvgIpc) is 2.98. The van der Waals surface area contributed by atoms with Gasteiger partial charge in [-0.25, -0.2) is 0 Å². The van der Waals surface area contributed by atoms with Crippen LogP contribution in [0.1, 0.15) is 61.4 Å². The van der Waals surface area contributed by atoms with E-state index in [2.05, 4.69) is 6.58 Å². The number of carbonyl (C=O) groups excluding carboxylic acids is 4. The van der Waals surface area contributed by atoms with Crippen molar-refractivity contribution in [2.45, 2.75) is 61.1 Å². The first-order chi connectivity index (χ1) is 20.0. The number of benzene rings is 2. The van der Waals surface area contributed by atoms with E-state index in [-0.39, 0.29) is 38.6 Å². The molecule has 2 aromatic rings. The molecule has 0 aromatic heterocycles. The lowest BCUT2D eigenvalue weighted by Crippen LogP contribution is -2.00. The quantitative estimate of drug-likeness (QED) is 0.409. The number of nitrogens with one attached hydrogen (secondary N) is 1. The molecule has 0 unspecified atom stereocenters. The normalized spacial score (nSPS) is 11.9. The maximum Gasteiger partial charge on any atom is 0.302 e. The van der Waals surface area contributed by atoms with E-state index in [0.29, 0.717) is 18.6 Å². The molecule has 1 N–H and O–H groups in total. The Hall–Kier alpha value is -4.39. The van der Waals surface area contributed by atoms with E-state index < -0.39 is 11.9 Å². The summed E-state index contributed by atoms with van der Waals surface area (Å²) in [7, 11) is 1.25. The lowest BCUT2D eigenvalue weighted by Gasteiger charge is -2.03. The molecule has 0 atom stereocenters. The molecule has 3 rings (SSSR count). The van der Waals surface area contributed by atoms with Crippen LogP contribution in [0.2, 0.25) is 0 Å². The molecule has 0 fully saturated rings. The fourth-order valence-corrected chi connectivity index (χ4v) is 2.91. The minimum atomic E-state index is -0.534. The third kappa shape index (κ3) is 17.7. The largest absolute Gasteiger partial charge is 0.461 e. The topological polar surface area (TPSA) is 111 Å². The highest BCUT2D eigenvalue weighted by Gasteiger charge is 2.00. The zero-order chi connectivity index (χ0) is 31.9. The van der Waals surface area contributed by atoms with Crippen LogP contribution in [0.4, 0.5) is 0 Å². The predicted octanol–water partition coefficient (Wildman–Crippen LogP) is 6.09. The molecule has 0 spiro atoms. The van der Waals surface area contributed by atoms with Gasteiger partial charge in [0.15, 0.2) is 0 Å². The smallest absolute Gasteiger partial charge is 0.302 e. The molecule has 0 saturated heterocycles. The maximum absolute atomic E-state index is 10.9. The van der Waals surface area contributed by atoms with Gasteiger partial charge >= 0.3 is 11.9 Å². The van der Waals surface area contributed by atoms with Crippen LogP contribution in [0.25, 0.3) is 0 Å². The first-order valence-corrected chi connectivity index (χ1v) is 11.7. The number of ketones is 2. The molecule has 1 aliphatic carbocycles. The van der Waals surface area contributed by atoms with Crippen molar-refractivity contribution in [3.8, 4) is 0 Å². The highest BCUT2D eigenvalue weighted by Crippen LogP contribution is 2.08. The Kier molecular flexibility index (Phi) is 14.1. The second-order valence-electron chi connectivity index (χ2n) is 8.41. The molecule has 7 heteroatoms. The SMILES string of the molecule is C=C1C=CC(=N)C=C1.[2H]C.[2H]CC(=O)OCc1ccc(CC(C)=O)cc1.[2H]CC(=O)OCc1ccc(CC(C)=O)cc1. The van der Waals surface area contributed by atoms with Crippen LogP contribution in [0.5, 0.6) is 0 Å². The lowest BCUT2D eigenvalue weighted by molar-refractivity contribution is -0.143. The van der Waals surface area contributed by atoms with Crippen LogP contribution in [-0.4, -0.2) is 29.2 Å². The Morgan fingerprint density at radius 2 is 1.05 bits per heavy atom. The van der Waals surface area contributed by atoms with Crippen molar-refractivity contribution in [1.29, 1.82) is 5.41 Å². The van der Waals surface area contributed by atoms with E-state index in [9.17, 15) is 19.2 Å². The molecule has 0 bridgehead atoms. The van der Waals surface area contributed by atoms with Crippen molar-refractivity contribution in [2.24, 2.45) is 0 Å². The average molecular weight is 537 g/mol. The van der Waals surface area contributed by atoms with Crippen molar-refractivity contribution in [3.63, 3.8) is 0 Å². The Morgan fingerprint density at radius 1 is 0.718 bits per heavy atom. The predicted molar refractivity (Wildman–Crippen MR) is 154 cm³/mol. The van der Waals surface area contributed by atoms with Gasteiger partial charge in [-0.3, -0.25) is 19.2 Å². The summed E-state index contributed by atoms with van der Waals surface area (Å²) in [5.74, 6) is -0.831. The molecule has 0 radical (unpaired) electrons. The number of hydrogen-bond donors (Lipinski definition) is 1. The number of carbonyl (C=O) groups is 4. The summed E-state index contributed by atoms with van der Waals surface area (Å²) in [5.41, 5.74) is 5.10. The van der Waals surface area contributed by atoms with Crippen LogP contribution in [-0.2, 0) is 54.7 Å². The Bertz CT molecular complexity index is 1120. The molecule has 1 aliphatic rings. The van der Waals surface area contributed by atoms with Gasteiger partial charge in [-0.15, -0.1) is 0 Å². The molecular formula is C32H39NO6. The van der Waals surface area contributed by atoms with Crippen molar-refractivity contribution < 1.29 is 32.8 Å². The van der Waals surface area contributed by atoms with Gasteiger partial charge in [0.2, 0.25) is 0 Å². The Labute approximate surface area is 236 Å². The summed E-state index contributed by atoms with van der Waals surface area (Å²) >= 11 is 0. The third-order valence-corrected chi connectivity index (χ3v) is 4.71. The third-order valence-electron chi connectivity index (χ3n) is 4.71. The van der Waals surface area contributed by atoms with Gasteiger partial charge in [0.1, 0.15) is 24.8 Å². The van der Waals surface area contributed by atoms with Crippen LogP contribution in [0, 0.1) is 5.41 Å². The van der Waals surface area contributed by atoms with Crippen molar-refractivity contribution in [1.82, 2.24) is 0 Å². The molecule has 0 amide bonds. The molecule has 0 aliphatic heterocycles. The monoisotopic (exact) mass is 536 g/mol. The number of ether oxygens (including phenoxy) is 2. The van der Waals surface area contributed by atoms with Gasteiger partial charge in [-0.2, -0.15) is 0 Å². The number of allylic oxidation sites excluding steroid dienone is 5. The van der Waals surface area contributed by atoms with Crippen molar-refractivity contribution in [3.05, 3.63) is 107 Å². The summed E-state index contributed by atoms with van der Waals surface area (Å²) in [6.45, 7) is 6.41. The first-order valence-electron chi connectivity index (χ1n) is 14.1. The van der Waals surface area contributed by atoms with Gasteiger partial charge in [0, 0.05) is 30.8 Å². The fourth-order valence-electron chi connectivity index (χ4n) is 2.91. The Balaban J connectivity index is 0.000000611. The lowest BCUT2D eigenvalue weighted by atomic mass is 10.1. The van der Waals surface area contributed by atoms with Gasteiger partial charge in [0.25, 0.3) is 0 Å². The minimum absolute atomic E-state index is 0.119. The van der Waals surface area contributed by atoms with E-state index in [1.807, 2.05) is 60.7 Å². The van der Waals surface area contributed by atoms with Crippen LogP contribution in [0.15, 0.2) is 85.0 Å². The number of hydrogen-bond acceptors (Lipinski definition) is 7. The van der Waals surface area contributed by atoms with Crippen LogP contribution >= 0.6 is 0 Å². The number of esters is 2. The van der Waals surface area contributed by atoms with E-state index in [1.165, 1.54) is 7.40 Å².